The van der Waals surface area contributed by atoms with Gasteiger partial charge in [0.2, 0.25) is 0 Å². The largest absolute Gasteiger partial charge is 0.493 e. The molecule has 2 aromatic heterocycles. The van der Waals surface area contributed by atoms with Gasteiger partial charge in [-0.15, -0.1) is 11.3 Å². The number of nitrogens with zero attached hydrogens (tertiary/aromatic N) is 2. The van der Waals surface area contributed by atoms with Crippen molar-refractivity contribution in [1.29, 1.82) is 0 Å². The van der Waals surface area contributed by atoms with E-state index in [1.165, 1.54) is 0 Å². The molecule has 0 saturated heterocycles. The molecule has 2 N–H and O–H groups in total. The van der Waals surface area contributed by atoms with Gasteiger partial charge < -0.3 is 15.2 Å². The Hall–Kier alpha value is -3.14. The lowest BCUT2D eigenvalue weighted by molar-refractivity contribution is -0.140. The number of halogens is 3. The van der Waals surface area contributed by atoms with Crippen molar-refractivity contribution in [2.45, 2.75) is 31.4 Å². The van der Waals surface area contributed by atoms with Gasteiger partial charge in [-0.05, 0) is 36.2 Å². The third-order valence-corrected chi connectivity index (χ3v) is 5.69. The first-order valence-corrected chi connectivity index (χ1v) is 10.7. The molecule has 2 heterocycles. The molecule has 0 aliphatic carbocycles. The fraction of sp³-hybridized carbons (Fsp3) is 0.318. The summed E-state index contributed by atoms with van der Waals surface area (Å²) in [6, 6.07) is 12.8. The number of thiazole rings is 1. The van der Waals surface area contributed by atoms with Gasteiger partial charge in [0.1, 0.15) is 11.6 Å². The first-order valence-electron chi connectivity index (χ1n) is 9.84. The molecule has 1 atom stereocenters. The van der Waals surface area contributed by atoms with Crippen LogP contribution in [0.2, 0.25) is 0 Å². The third-order valence-electron chi connectivity index (χ3n) is 4.68. The molecular formula is C22H22F3N3O3S. The summed E-state index contributed by atoms with van der Waals surface area (Å²) >= 11 is 0.831. The number of anilines is 1. The van der Waals surface area contributed by atoms with Crippen molar-refractivity contribution in [2.75, 3.05) is 19.0 Å². The zero-order chi connectivity index (χ0) is 23.1. The van der Waals surface area contributed by atoms with Crippen molar-refractivity contribution >= 4 is 23.1 Å². The molecule has 0 radical (unpaired) electrons. The number of alkyl halides is 3. The number of pyridine rings is 1. The zero-order valence-electron chi connectivity index (χ0n) is 17.2. The Morgan fingerprint density at radius 1 is 1.19 bits per heavy atom. The Morgan fingerprint density at radius 3 is 2.56 bits per heavy atom. The van der Waals surface area contributed by atoms with E-state index in [1.54, 1.807) is 31.3 Å². The topological polar surface area (TPSA) is 84.3 Å². The standard InChI is InChI=1S/C22H22F3N3O3S/c1-26-19-4-2-3-16(27-19)9-10-31-17-7-5-14(6-8-17)11-15(12-20(29)30)21-28-18(13-32-21)22(23,24)25/h2-8,13,15H,9-12H2,1H3,(H,26,27)(H,29,30). The Morgan fingerprint density at radius 2 is 1.94 bits per heavy atom. The quantitative estimate of drug-likeness (QED) is 0.437. The van der Waals surface area contributed by atoms with Crippen LogP contribution in [0.5, 0.6) is 5.75 Å². The van der Waals surface area contributed by atoms with Gasteiger partial charge in [0.15, 0.2) is 5.69 Å². The minimum absolute atomic E-state index is 0.163. The van der Waals surface area contributed by atoms with E-state index in [-0.39, 0.29) is 17.8 Å². The van der Waals surface area contributed by atoms with Gasteiger partial charge in [-0.3, -0.25) is 4.79 Å². The van der Waals surface area contributed by atoms with E-state index in [2.05, 4.69) is 15.3 Å². The Kier molecular flexibility index (Phi) is 7.68. The van der Waals surface area contributed by atoms with Gasteiger partial charge in [-0.2, -0.15) is 13.2 Å². The number of nitrogens with one attached hydrogen (secondary N) is 1. The Balaban J connectivity index is 1.60. The van der Waals surface area contributed by atoms with Crippen molar-refractivity contribution < 1.29 is 27.8 Å². The molecular weight excluding hydrogens is 443 g/mol. The van der Waals surface area contributed by atoms with Crippen LogP contribution in [-0.4, -0.2) is 34.7 Å². The first-order chi connectivity index (χ1) is 15.2. The smallest absolute Gasteiger partial charge is 0.434 e. The van der Waals surface area contributed by atoms with E-state index in [4.69, 9.17) is 4.74 Å². The van der Waals surface area contributed by atoms with Gasteiger partial charge in [0, 0.05) is 30.5 Å². The molecule has 0 aliphatic rings. The van der Waals surface area contributed by atoms with Crippen molar-refractivity contribution in [2.24, 2.45) is 0 Å². The van der Waals surface area contributed by atoms with E-state index in [0.29, 0.717) is 18.8 Å². The van der Waals surface area contributed by atoms with Crippen LogP contribution in [0.3, 0.4) is 0 Å². The molecule has 0 fully saturated rings. The van der Waals surface area contributed by atoms with Crippen molar-refractivity contribution in [3.8, 4) is 5.75 Å². The lowest BCUT2D eigenvalue weighted by Gasteiger charge is -2.13. The highest BCUT2D eigenvalue weighted by Gasteiger charge is 2.34. The number of carbonyl (C=O) groups is 1. The minimum Gasteiger partial charge on any atom is -0.493 e. The van der Waals surface area contributed by atoms with E-state index >= 15 is 0 Å². The number of ether oxygens (including phenoxy) is 1. The number of benzene rings is 1. The predicted molar refractivity (Wildman–Crippen MR) is 115 cm³/mol. The second kappa shape index (κ2) is 10.4. The van der Waals surface area contributed by atoms with Gasteiger partial charge >= 0.3 is 12.1 Å². The molecule has 10 heteroatoms. The maximum absolute atomic E-state index is 12.9. The fourth-order valence-corrected chi connectivity index (χ4v) is 4.03. The molecule has 0 saturated carbocycles. The number of aromatic nitrogens is 2. The highest BCUT2D eigenvalue weighted by molar-refractivity contribution is 7.09. The summed E-state index contributed by atoms with van der Waals surface area (Å²) in [7, 11) is 1.80. The van der Waals surface area contributed by atoms with Crippen molar-refractivity contribution in [3.63, 3.8) is 0 Å². The normalized spacial score (nSPS) is 12.4. The number of carboxylic acids is 1. The molecule has 1 unspecified atom stereocenters. The molecule has 0 bridgehead atoms. The van der Waals surface area contributed by atoms with Gasteiger partial charge in [0.05, 0.1) is 18.0 Å². The third kappa shape index (κ3) is 6.68. The van der Waals surface area contributed by atoms with Crippen LogP contribution in [0, 0.1) is 0 Å². The number of aliphatic carboxylic acids is 1. The second-order valence-corrected chi connectivity index (χ2v) is 7.96. The van der Waals surface area contributed by atoms with Crippen LogP contribution in [-0.2, 0) is 23.8 Å². The number of hydrogen-bond acceptors (Lipinski definition) is 6. The van der Waals surface area contributed by atoms with Crippen LogP contribution < -0.4 is 10.1 Å². The van der Waals surface area contributed by atoms with Gasteiger partial charge in [-0.25, -0.2) is 9.97 Å². The van der Waals surface area contributed by atoms with Crippen LogP contribution in [0.4, 0.5) is 19.0 Å². The maximum atomic E-state index is 12.9. The first kappa shape index (κ1) is 23.5. The SMILES string of the molecule is CNc1cccc(CCOc2ccc(CC(CC(=O)O)c3nc(C(F)(F)F)cs3)cc2)n1. The summed E-state index contributed by atoms with van der Waals surface area (Å²) in [6.07, 6.45) is -3.96. The maximum Gasteiger partial charge on any atom is 0.434 e. The average molecular weight is 465 g/mol. The fourth-order valence-electron chi connectivity index (χ4n) is 3.10. The predicted octanol–water partition coefficient (Wildman–Crippen LogP) is 5.02. The molecule has 32 heavy (non-hydrogen) atoms. The van der Waals surface area contributed by atoms with E-state index in [1.807, 2.05) is 18.2 Å². The Bertz CT molecular complexity index is 1040. The van der Waals surface area contributed by atoms with Crippen molar-refractivity contribution in [3.05, 3.63) is 69.8 Å². The summed E-state index contributed by atoms with van der Waals surface area (Å²) in [6.45, 7) is 0.431. The molecule has 3 aromatic rings. The lowest BCUT2D eigenvalue weighted by atomic mass is 9.96. The van der Waals surface area contributed by atoms with Crippen LogP contribution in [0.1, 0.15) is 34.3 Å². The summed E-state index contributed by atoms with van der Waals surface area (Å²) in [5.41, 5.74) is 0.689. The van der Waals surface area contributed by atoms with Gasteiger partial charge in [0.25, 0.3) is 0 Å². The lowest BCUT2D eigenvalue weighted by Crippen LogP contribution is -2.11. The monoisotopic (exact) mass is 465 g/mol. The molecule has 0 aliphatic heterocycles. The Labute approximate surface area is 187 Å². The number of carboxylic acid groups (broad SMARTS) is 1. The minimum atomic E-state index is -4.55. The number of hydrogen-bond donors (Lipinski definition) is 2. The van der Waals surface area contributed by atoms with Crippen LogP contribution >= 0.6 is 11.3 Å². The second-order valence-electron chi connectivity index (χ2n) is 7.07. The van der Waals surface area contributed by atoms with Crippen molar-refractivity contribution in [1.82, 2.24) is 9.97 Å². The average Bonchev–Trinajstić information content (AvgIpc) is 3.25. The highest BCUT2D eigenvalue weighted by Crippen LogP contribution is 2.34. The molecule has 170 valence electrons. The number of rotatable bonds is 10. The molecule has 1 aromatic carbocycles. The highest BCUT2D eigenvalue weighted by atomic mass is 32.1. The molecule has 6 nitrogen and oxygen atoms in total. The molecule has 0 spiro atoms. The molecule has 0 amide bonds. The summed E-state index contributed by atoms with van der Waals surface area (Å²) < 4.78 is 44.3. The summed E-state index contributed by atoms with van der Waals surface area (Å²) in [4.78, 5) is 19.3. The molecule has 3 rings (SSSR count). The van der Waals surface area contributed by atoms with E-state index in [0.717, 1.165) is 33.8 Å². The zero-order valence-corrected chi connectivity index (χ0v) is 18.0. The van der Waals surface area contributed by atoms with Crippen LogP contribution in [0.25, 0.3) is 0 Å². The van der Waals surface area contributed by atoms with Crippen LogP contribution in [0.15, 0.2) is 47.8 Å². The van der Waals surface area contributed by atoms with E-state index < -0.39 is 23.8 Å². The summed E-state index contributed by atoms with van der Waals surface area (Å²) in [5.74, 6) is -0.312. The van der Waals surface area contributed by atoms with Gasteiger partial charge in [-0.1, -0.05) is 18.2 Å². The summed E-state index contributed by atoms with van der Waals surface area (Å²) in [5, 5.41) is 13.2. The van der Waals surface area contributed by atoms with E-state index in [9.17, 15) is 23.1 Å².